The van der Waals surface area contributed by atoms with Crippen LogP contribution in [0.15, 0.2) is 0 Å². The Morgan fingerprint density at radius 1 is 1.29 bits per heavy atom. The lowest BCUT2D eigenvalue weighted by Gasteiger charge is -2.25. The van der Waals surface area contributed by atoms with Gasteiger partial charge in [0, 0.05) is 12.6 Å². The summed E-state index contributed by atoms with van der Waals surface area (Å²) in [6.07, 6.45) is 3.48. The fraction of sp³-hybridized carbons (Fsp3) is 0.800. The Hall–Kier alpha value is -0.900. The molecule has 0 aliphatic carbocycles. The van der Waals surface area contributed by atoms with Crippen molar-refractivity contribution in [2.45, 2.75) is 31.7 Å². The van der Waals surface area contributed by atoms with Crippen molar-refractivity contribution in [1.82, 2.24) is 10.2 Å². The van der Waals surface area contributed by atoms with Gasteiger partial charge in [0.1, 0.15) is 0 Å². The van der Waals surface area contributed by atoms with Crippen LogP contribution >= 0.6 is 0 Å². The third kappa shape index (κ3) is 1.95. The molecule has 0 radical (unpaired) electrons. The molecule has 0 aromatic rings. The second-order valence-electron chi connectivity index (χ2n) is 4.09. The Morgan fingerprint density at radius 3 is 2.86 bits per heavy atom. The first-order valence-corrected chi connectivity index (χ1v) is 5.29. The van der Waals surface area contributed by atoms with E-state index in [4.69, 9.17) is 0 Å². The molecule has 1 amide bonds. The molecular weight excluding hydrogens is 180 g/mol. The first kappa shape index (κ1) is 9.65. The van der Waals surface area contributed by atoms with Crippen molar-refractivity contribution in [3.8, 4) is 0 Å². The molecule has 4 heteroatoms. The van der Waals surface area contributed by atoms with Gasteiger partial charge in [-0.15, -0.1) is 0 Å². The maximum absolute atomic E-state index is 11.5. The molecule has 0 aromatic carbocycles. The fourth-order valence-corrected chi connectivity index (χ4v) is 2.20. The van der Waals surface area contributed by atoms with Crippen LogP contribution < -0.4 is 5.32 Å². The van der Waals surface area contributed by atoms with Gasteiger partial charge in [0.05, 0.1) is 13.0 Å². The second-order valence-corrected chi connectivity index (χ2v) is 4.09. The number of ketones is 1. The summed E-state index contributed by atoms with van der Waals surface area (Å²) in [6, 6.07) is 0.247. The molecule has 4 nitrogen and oxygen atoms in total. The minimum Gasteiger partial charge on any atom is -0.331 e. The standard InChI is InChI=1S/C10H16N2O2/c13-9-5-10(14)12(7-9)8-3-1-2-4-11-6-8/h8,11H,1-7H2. The molecule has 0 bridgehead atoms. The third-order valence-corrected chi connectivity index (χ3v) is 2.98. The van der Waals surface area contributed by atoms with Crippen LogP contribution in [0.25, 0.3) is 0 Å². The third-order valence-electron chi connectivity index (χ3n) is 2.98. The minimum absolute atomic E-state index is 0.0173. The molecule has 1 N–H and O–H groups in total. The van der Waals surface area contributed by atoms with Crippen LogP contribution in [0, 0.1) is 0 Å². The van der Waals surface area contributed by atoms with Crippen molar-refractivity contribution in [2.24, 2.45) is 0 Å². The van der Waals surface area contributed by atoms with Crippen LogP contribution in [0.5, 0.6) is 0 Å². The van der Waals surface area contributed by atoms with Crippen LogP contribution in [-0.4, -0.2) is 42.3 Å². The molecule has 2 aliphatic rings. The lowest BCUT2D eigenvalue weighted by Crippen LogP contribution is -2.42. The highest BCUT2D eigenvalue weighted by atomic mass is 16.2. The molecule has 1 unspecified atom stereocenters. The first-order chi connectivity index (χ1) is 6.77. The van der Waals surface area contributed by atoms with E-state index in [1.807, 2.05) is 0 Å². The highest BCUT2D eigenvalue weighted by Crippen LogP contribution is 2.16. The Labute approximate surface area is 83.6 Å². The van der Waals surface area contributed by atoms with Gasteiger partial charge in [0.25, 0.3) is 0 Å². The van der Waals surface area contributed by atoms with Gasteiger partial charge in [-0.25, -0.2) is 0 Å². The number of carbonyl (C=O) groups excluding carboxylic acids is 2. The highest BCUT2D eigenvalue weighted by Gasteiger charge is 2.32. The van der Waals surface area contributed by atoms with Gasteiger partial charge in [-0.1, -0.05) is 6.42 Å². The van der Waals surface area contributed by atoms with Crippen molar-refractivity contribution in [3.63, 3.8) is 0 Å². The van der Waals surface area contributed by atoms with E-state index in [0.717, 1.165) is 25.9 Å². The van der Waals surface area contributed by atoms with Crippen molar-refractivity contribution in [1.29, 1.82) is 0 Å². The summed E-state index contributed by atoms with van der Waals surface area (Å²) in [4.78, 5) is 24.3. The van der Waals surface area contributed by atoms with Crippen LogP contribution in [0.3, 0.4) is 0 Å². The monoisotopic (exact) mass is 196 g/mol. The Morgan fingerprint density at radius 2 is 2.14 bits per heavy atom. The second kappa shape index (κ2) is 4.09. The Balaban J connectivity index is 1.98. The summed E-state index contributed by atoms with van der Waals surface area (Å²) >= 11 is 0. The van der Waals surface area contributed by atoms with Crippen LogP contribution in [0.2, 0.25) is 0 Å². The number of amides is 1. The SMILES string of the molecule is O=C1CC(=O)N(C2CCCCNC2)C1. The zero-order valence-electron chi connectivity index (χ0n) is 8.29. The van der Waals surface area contributed by atoms with Gasteiger partial charge < -0.3 is 10.2 Å². The predicted molar refractivity (Wildman–Crippen MR) is 51.8 cm³/mol. The summed E-state index contributed by atoms with van der Waals surface area (Å²) in [6.45, 7) is 2.22. The largest absolute Gasteiger partial charge is 0.331 e. The number of nitrogens with zero attached hydrogens (tertiary/aromatic N) is 1. The van der Waals surface area contributed by atoms with Crippen molar-refractivity contribution < 1.29 is 9.59 Å². The van der Waals surface area contributed by atoms with E-state index in [2.05, 4.69) is 5.32 Å². The molecule has 78 valence electrons. The maximum atomic E-state index is 11.5. The van der Waals surface area contributed by atoms with Gasteiger partial charge in [-0.2, -0.15) is 0 Å². The van der Waals surface area contributed by atoms with E-state index in [1.54, 1.807) is 4.90 Å². The highest BCUT2D eigenvalue weighted by molar-refractivity contribution is 6.05. The molecule has 2 fully saturated rings. The zero-order chi connectivity index (χ0) is 9.97. The van der Waals surface area contributed by atoms with Gasteiger partial charge in [-0.3, -0.25) is 9.59 Å². The van der Waals surface area contributed by atoms with E-state index in [-0.39, 0.29) is 24.2 Å². The summed E-state index contributed by atoms with van der Waals surface area (Å²) in [5.41, 5.74) is 0. The minimum atomic E-state index is 0.0173. The number of hydrogen-bond donors (Lipinski definition) is 1. The predicted octanol–water partition coefficient (Wildman–Crippen LogP) is -0.0701. The molecule has 1 atom stereocenters. The summed E-state index contributed by atoms with van der Waals surface area (Å²) in [5.74, 6) is 0.0861. The van der Waals surface area contributed by atoms with Gasteiger partial charge in [0.2, 0.25) is 5.91 Å². The quantitative estimate of drug-likeness (QED) is 0.597. The molecule has 0 saturated carbocycles. The van der Waals surface area contributed by atoms with Crippen LogP contribution in [0.1, 0.15) is 25.7 Å². The topological polar surface area (TPSA) is 49.4 Å². The average Bonchev–Trinajstić information content (AvgIpc) is 2.43. The maximum Gasteiger partial charge on any atom is 0.230 e. The van der Waals surface area contributed by atoms with Crippen LogP contribution in [-0.2, 0) is 9.59 Å². The van der Waals surface area contributed by atoms with E-state index in [0.29, 0.717) is 6.54 Å². The van der Waals surface area contributed by atoms with Gasteiger partial charge in [-0.05, 0) is 19.4 Å². The lowest BCUT2D eigenvalue weighted by molar-refractivity contribution is -0.129. The molecule has 14 heavy (non-hydrogen) atoms. The lowest BCUT2D eigenvalue weighted by atomic mass is 10.1. The fourth-order valence-electron chi connectivity index (χ4n) is 2.20. The van der Waals surface area contributed by atoms with Crippen molar-refractivity contribution in [3.05, 3.63) is 0 Å². The zero-order valence-corrected chi connectivity index (χ0v) is 8.29. The summed E-state index contributed by atoms with van der Waals surface area (Å²) in [7, 11) is 0. The van der Waals surface area contributed by atoms with Crippen LogP contribution in [0.4, 0.5) is 0 Å². The number of likely N-dealkylation sites (tertiary alicyclic amines) is 1. The normalized spacial score (nSPS) is 29.4. The molecular formula is C10H16N2O2. The van der Waals surface area contributed by atoms with E-state index < -0.39 is 0 Å². The van der Waals surface area contributed by atoms with Crippen molar-refractivity contribution >= 4 is 11.7 Å². The van der Waals surface area contributed by atoms with E-state index in [9.17, 15) is 9.59 Å². The Kier molecular flexibility index (Phi) is 2.82. The van der Waals surface area contributed by atoms with Gasteiger partial charge in [0.15, 0.2) is 5.78 Å². The first-order valence-electron chi connectivity index (χ1n) is 5.29. The summed E-state index contributed by atoms with van der Waals surface area (Å²) in [5, 5.41) is 3.30. The van der Waals surface area contributed by atoms with E-state index in [1.165, 1.54) is 6.42 Å². The number of rotatable bonds is 1. The average molecular weight is 196 g/mol. The van der Waals surface area contributed by atoms with E-state index >= 15 is 0 Å². The molecule has 0 spiro atoms. The Bertz CT molecular complexity index is 245. The number of Topliss-reactive ketones (excluding diaryl/α,β-unsaturated/α-hetero) is 1. The summed E-state index contributed by atoms with van der Waals surface area (Å²) < 4.78 is 0. The molecule has 0 aromatic heterocycles. The smallest absolute Gasteiger partial charge is 0.230 e. The molecule has 2 heterocycles. The van der Waals surface area contributed by atoms with Crippen molar-refractivity contribution in [2.75, 3.05) is 19.6 Å². The number of nitrogens with one attached hydrogen (secondary N) is 1. The number of hydrogen-bond acceptors (Lipinski definition) is 3. The molecule has 2 rings (SSSR count). The van der Waals surface area contributed by atoms with Gasteiger partial charge >= 0.3 is 0 Å². The molecule has 2 saturated heterocycles. The number of carbonyl (C=O) groups is 2. The molecule has 2 aliphatic heterocycles.